The zero-order valence-electron chi connectivity index (χ0n) is 12.9. The first kappa shape index (κ1) is 13.8. The third kappa shape index (κ3) is 1.79. The second-order valence-electron chi connectivity index (χ2n) is 8.02. The Bertz CT molecular complexity index is 497. The average Bonchev–Trinajstić information content (AvgIpc) is 2.92. The van der Waals surface area contributed by atoms with Crippen LogP contribution in [-0.4, -0.2) is 17.7 Å². The molecule has 3 heteroatoms. The van der Waals surface area contributed by atoms with Crippen LogP contribution in [0.2, 0.25) is 0 Å². The highest BCUT2D eigenvalue weighted by atomic mass is 16.5. The SMILES string of the molecule is C[C@]12CCC(=O)OC1=CC[C@H]1[C@@H]3CCC[C@@]3(CO)CC[C@@H]12. The number of aliphatic hydroxyl groups excluding tert-OH is 1. The molecular weight excluding hydrogens is 264 g/mol. The van der Waals surface area contributed by atoms with Gasteiger partial charge in [0, 0.05) is 18.4 Å². The second kappa shape index (κ2) is 4.58. The molecular formula is C18H26O3. The van der Waals surface area contributed by atoms with E-state index in [1.165, 1.54) is 25.7 Å². The van der Waals surface area contributed by atoms with Crippen molar-refractivity contribution in [1.29, 1.82) is 0 Å². The van der Waals surface area contributed by atoms with E-state index in [4.69, 9.17) is 4.74 Å². The Balaban J connectivity index is 1.69. The predicted octanol–water partition coefficient (Wildman–Crippen LogP) is 3.42. The summed E-state index contributed by atoms with van der Waals surface area (Å²) in [6.45, 7) is 2.67. The number of hydrogen-bond donors (Lipinski definition) is 1. The monoisotopic (exact) mass is 290 g/mol. The van der Waals surface area contributed by atoms with E-state index in [1.54, 1.807) is 0 Å². The lowest BCUT2D eigenvalue weighted by atomic mass is 9.50. The molecule has 3 nitrogen and oxygen atoms in total. The van der Waals surface area contributed by atoms with Gasteiger partial charge in [-0.1, -0.05) is 13.3 Å². The van der Waals surface area contributed by atoms with Gasteiger partial charge in [0.2, 0.25) is 0 Å². The van der Waals surface area contributed by atoms with Crippen LogP contribution in [0.5, 0.6) is 0 Å². The van der Waals surface area contributed by atoms with Gasteiger partial charge in [-0.3, -0.25) is 4.79 Å². The molecule has 0 spiro atoms. The van der Waals surface area contributed by atoms with E-state index in [1.807, 2.05) is 0 Å². The van der Waals surface area contributed by atoms with Gasteiger partial charge in [0.1, 0.15) is 5.76 Å². The topological polar surface area (TPSA) is 46.5 Å². The summed E-state index contributed by atoms with van der Waals surface area (Å²) in [5.41, 5.74) is 0.259. The summed E-state index contributed by atoms with van der Waals surface area (Å²) in [5, 5.41) is 9.99. The lowest BCUT2D eigenvalue weighted by molar-refractivity contribution is -0.152. The maximum absolute atomic E-state index is 11.6. The number of ether oxygens (including phenoxy) is 1. The molecule has 0 unspecified atom stereocenters. The predicted molar refractivity (Wildman–Crippen MR) is 79.2 cm³/mol. The standard InChI is InChI=1S/C18H26O3/c1-17-9-7-16(20)21-15(17)5-4-12-13(17)6-10-18(11-19)8-2-3-14(12)18/h5,12-14,19H,2-4,6-11H2,1H3/t12-,13+,14+,17-,18+/m1/s1. The first-order valence-corrected chi connectivity index (χ1v) is 8.61. The summed E-state index contributed by atoms with van der Waals surface area (Å²) in [4.78, 5) is 11.6. The Labute approximate surface area is 126 Å². The number of esters is 1. The van der Waals surface area contributed by atoms with Crippen molar-refractivity contribution < 1.29 is 14.6 Å². The maximum atomic E-state index is 11.6. The number of hydrogen-bond acceptors (Lipinski definition) is 3. The lowest BCUT2D eigenvalue weighted by Gasteiger charge is -2.56. The number of aliphatic hydroxyl groups is 1. The van der Waals surface area contributed by atoms with Crippen molar-refractivity contribution in [3.05, 3.63) is 11.8 Å². The van der Waals surface area contributed by atoms with Gasteiger partial charge < -0.3 is 9.84 Å². The van der Waals surface area contributed by atoms with E-state index in [-0.39, 0.29) is 16.8 Å². The highest BCUT2D eigenvalue weighted by Crippen LogP contribution is 2.64. The fourth-order valence-electron chi connectivity index (χ4n) is 6.14. The van der Waals surface area contributed by atoms with Gasteiger partial charge in [-0.15, -0.1) is 0 Å². The summed E-state index contributed by atoms with van der Waals surface area (Å²) in [6.07, 6.45) is 10.8. The fraction of sp³-hybridized carbons (Fsp3) is 0.833. The first-order valence-electron chi connectivity index (χ1n) is 8.61. The summed E-state index contributed by atoms with van der Waals surface area (Å²) in [6, 6.07) is 0. The van der Waals surface area contributed by atoms with Crippen LogP contribution in [0.1, 0.15) is 58.3 Å². The van der Waals surface area contributed by atoms with Crippen LogP contribution < -0.4 is 0 Å². The van der Waals surface area contributed by atoms with Crippen LogP contribution in [-0.2, 0) is 9.53 Å². The molecule has 1 N–H and O–H groups in total. The van der Waals surface area contributed by atoms with Gasteiger partial charge in [-0.05, 0) is 67.8 Å². The van der Waals surface area contributed by atoms with Gasteiger partial charge in [0.05, 0.1) is 0 Å². The van der Waals surface area contributed by atoms with Gasteiger partial charge >= 0.3 is 5.97 Å². The second-order valence-corrected chi connectivity index (χ2v) is 8.02. The van der Waals surface area contributed by atoms with Gasteiger partial charge in [0.25, 0.3) is 0 Å². The summed E-state index contributed by atoms with van der Waals surface area (Å²) >= 11 is 0. The van der Waals surface area contributed by atoms with E-state index in [0.29, 0.717) is 30.8 Å². The molecule has 0 bridgehead atoms. The molecule has 2 saturated carbocycles. The van der Waals surface area contributed by atoms with Crippen molar-refractivity contribution in [3.63, 3.8) is 0 Å². The Morgan fingerprint density at radius 1 is 1.29 bits per heavy atom. The molecule has 21 heavy (non-hydrogen) atoms. The molecule has 5 atom stereocenters. The molecule has 1 heterocycles. The molecule has 0 aromatic carbocycles. The van der Waals surface area contributed by atoms with Crippen molar-refractivity contribution in [3.8, 4) is 0 Å². The van der Waals surface area contributed by atoms with Crippen molar-refractivity contribution in [2.45, 2.75) is 58.3 Å². The smallest absolute Gasteiger partial charge is 0.310 e. The van der Waals surface area contributed by atoms with Crippen LogP contribution in [0.4, 0.5) is 0 Å². The molecule has 3 aliphatic carbocycles. The quantitative estimate of drug-likeness (QED) is 0.753. The molecule has 0 aromatic rings. The van der Waals surface area contributed by atoms with Crippen molar-refractivity contribution in [2.75, 3.05) is 6.61 Å². The Morgan fingerprint density at radius 3 is 2.95 bits per heavy atom. The molecule has 0 amide bonds. The number of carbonyl (C=O) groups excluding carboxylic acids is 1. The zero-order chi connectivity index (χ0) is 14.7. The van der Waals surface area contributed by atoms with E-state index in [9.17, 15) is 9.90 Å². The maximum Gasteiger partial charge on any atom is 0.310 e. The van der Waals surface area contributed by atoms with E-state index >= 15 is 0 Å². The zero-order valence-corrected chi connectivity index (χ0v) is 12.9. The molecule has 1 saturated heterocycles. The van der Waals surface area contributed by atoms with Crippen LogP contribution in [0.15, 0.2) is 11.8 Å². The molecule has 4 aliphatic rings. The van der Waals surface area contributed by atoms with Crippen molar-refractivity contribution in [2.24, 2.45) is 28.6 Å². The Hall–Kier alpha value is -0.830. The third-order valence-corrected chi connectivity index (χ3v) is 7.31. The van der Waals surface area contributed by atoms with E-state index < -0.39 is 0 Å². The summed E-state index contributed by atoms with van der Waals surface area (Å²) in [5.74, 6) is 2.88. The van der Waals surface area contributed by atoms with Gasteiger partial charge in [0.15, 0.2) is 0 Å². The number of rotatable bonds is 1. The van der Waals surface area contributed by atoms with Crippen LogP contribution in [0.25, 0.3) is 0 Å². The van der Waals surface area contributed by atoms with Gasteiger partial charge in [-0.2, -0.15) is 0 Å². The largest absolute Gasteiger partial charge is 0.431 e. The third-order valence-electron chi connectivity index (χ3n) is 7.31. The van der Waals surface area contributed by atoms with Crippen LogP contribution >= 0.6 is 0 Å². The Kier molecular flexibility index (Phi) is 3.01. The normalized spacial score (nSPS) is 48.8. The highest BCUT2D eigenvalue weighted by Gasteiger charge is 2.58. The minimum absolute atomic E-state index is 0.0566. The van der Waals surface area contributed by atoms with Gasteiger partial charge in [-0.25, -0.2) is 0 Å². The van der Waals surface area contributed by atoms with E-state index in [2.05, 4.69) is 13.0 Å². The average molecular weight is 290 g/mol. The molecule has 1 aliphatic heterocycles. The van der Waals surface area contributed by atoms with Crippen molar-refractivity contribution >= 4 is 5.97 Å². The molecule has 4 rings (SSSR count). The number of fused-ring (bicyclic) bond motifs is 5. The minimum Gasteiger partial charge on any atom is -0.431 e. The highest BCUT2D eigenvalue weighted by molar-refractivity contribution is 5.72. The van der Waals surface area contributed by atoms with E-state index in [0.717, 1.165) is 25.0 Å². The molecule has 116 valence electrons. The summed E-state index contributed by atoms with van der Waals surface area (Å²) < 4.78 is 5.58. The van der Waals surface area contributed by atoms with Crippen molar-refractivity contribution in [1.82, 2.24) is 0 Å². The number of carbonyl (C=O) groups is 1. The minimum atomic E-state index is -0.0569. The summed E-state index contributed by atoms with van der Waals surface area (Å²) in [7, 11) is 0. The Morgan fingerprint density at radius 2 is 2.14 bits per heavy atom. The lowest BCUT2D eigenvalue weighted by Crippen LogP contribution is -2.51. The van der Waals surface area contributed by atoms with Crippen LogP contribution in [0.3, 0.4) is 0 Å². The molecule has 0 radical (unpaired) electrons. The first-order chi connectivity index (χ1) is 10.1. The number of allylic oxidation sites excluding steroid dienone is 2. The fourth-order valence-corrected chi connectivity index (χ4v) is 6.14. The molecule has 0 aromatic heterocycles. The van der Waals surface area contributed by atoms with Crippen LogP contribution in [0, 0.1) is 28.6 Å². The molecule has 3 fully saturated rings.